The molecule has 1 unspecified atom stereocenters. The third kappa shape index (κ3) is 7.58. The van der Waals surface area contributed by atoms with Crippen molar-refractivity contribution in [2.24, 2.45) is 0 Å². The lowest BCUT2D eigenvalue weighted by molar-refractivity contribution is -0.174. The van der Waals surface area contributed by atoms with Crippen LogP contribution >= 0.6 is 0 Å². The third-order valence-corrected chi connectivity index (χ3v) is 7.21. The van der Waals surface area contributed by atoms with Crippen LogP contribution in [0.25, 0.3) is 0 Å². The highest BCUT2D eigenvalue weighted by atomic mass is 32.2. The topological polar surface area (TPSA) is 119 Å². The van der Waals surface area contributed by atoms with Crippen molar-refractivity contribution in [3.8, 4) is 0 Å². The molecule has 0 spiro atoms. The number of benzene rings is 2. The third-order valence-electron chi connectivity index (χ3n) is 5.61. The zero-order valence-corrected chi connectivity index (χ0v) is 20.2. The molecule has 1 aliphatic rings. The van der Waals surface area contributed by atoms with Gasteiger partial charge >= 0.3 is 18.3 Å². The number of aliphatic hydroxyl groups is 1. The Kier molecular flexibility index (Phi) is 8.58. The van der Waals surface area contributed by atoms with E-state index in [1.165, 1.54) is 45.6 Å². The fraction of sp³-hybridized carbons (Fsp3) is 0.364. The number of amides is 2. The number of hydrazine groups is 1. The Balaban J connectivity index is 1.81. The molecule has 0 saturated carbocycles. The number of rotatable bonds is 6. The van der Waals surface area contributed by atoms with Crippen LogP contribution in [0.5, 0.6) is 0 Å². The van der Waals surface area contributed by atoms with E-state index in [-0.39, 0.29) is 42.4 Å². The number of aliphatic hydroxyl groups excluding tert-OH is 1. The number of carbonyl (C=O) groups excluding carboxylic acids is 2. The normalized spacial score (nSPS) is 16.9. The van der Waals surface area contributed by atoms with Gasteiger partial charge in [0, 0.05) is 30.9 Å². The van der Waals surface area contributed by atoms with Crippen LogP contribution in [-0.4, -0.2) is 67.4 Å². The van der Waals surface area contributed by atoms with Gasteiger partial charge in [0.15, 0.2) is 16.2 Å². The number of halogens is 6. The smallest absolute Gasteiger partial charge is 0.361 e. The summed E-state index contributed by atoms with van der Waals surface area (Å²) < 4.78 is 100. The Morgan fingerprint density at radius 1 is 0.974 bits per heavy atom. The first-order valence-corrected chi connectivity index (χ1v) is 12.7. The molecular weight excluding hydrogens is 546 g/mol. The monoisotopic (exact) mass is 568 g/mol. The predicted octanol–water partition coefficient (Wildman–Crippen LogP) is 2.04. The number of sulfone groups is 1. The highest BCUT2D eigenvalue weighted by molar-refractivity contribution is 7.91. The van der Waals surface area contributed by atoms with Crippen molar-refractivity contribution in [1.82, 2.24) is 15.8 Å². The first-order valence-electron chi connectivity index (χ1n) is 10.9. The molecule has 2 amide bonds. The Morgan fingerprint density at radius 2 is 1.58 bits per heavy atom. The van der Waals surface area contributed by atoms with Crippen molar-refractivity contribution in [3.05, 3.63) is 65.2 Å². The minimum atomic E-state index is -5.20. The van der Waals surface area contributed by atoms with E-state index in [1.54, 1.807) is 5.43 Å². The standard InChI is InChI=1S/C22H22F6N4O5S/c23-21(24,25)16-2-1-3-17(12-16)32(20(35)31-8-10-38(36,37)11-9-31)13-14-4-6-15(7-5-14)18(33)29-30-19(34)22(26,27)28/h1-7,12,20,35H,8-11,13H2,(H,29,33)(H,30,34). The largest absolute Gasteiger partial charge is 0.472 e. The van der Waals surface area contributed by atoms with Crippen molar-refractivity contribution >= 4 is 27.3 Å². The molecule has 1 heterocycles. The average Bonchev–Trinajstić information content (AvgIpc) is 2.84. The quantitative estimate of drug-likeness (QED) is 0.277. The molecule has 1 aliphatic heterocycles. The molecule has 38 heavy (non-hydrogen) atoms. The Morgan fingerprint density at radius 3 is 2.13 bits per heavy atom. The lowest BCUT2D eigenvalue weighted by Gasteiger charge is -2.39. The van der Waals surface area contributed by atoms with E-state index < -0.39 is 45.9 Å². The summed E-state index contributed by atoms with van der Waals surface area (Å²) in [6, 6.07) is 9.29. The van der Waals surface area contributed by atoms with Gasteiger partial charge in [0.25, 0.3) is 5.91 Å². The summed E-state index contributed by atoms with van der Waals surface area (Å²) >= 11 is 0. The van der Waals surface area contributed by atoms with E-state index in [9.17, 15) is 49.5 Å². The van der Waals surface area contributed by atoms with Gasteiger partial charge in [-0.25, -0.2) is 8.42 Å². The highest BCUT2D eigenvalue weighted by Gasteiger charge is 2.39. The number of alkyl halides is 6. The molecule has 1 fully saturated rings. The van der Waals surface area contributed by atoms with Crippen LogP contribution in [0.2, 0.25) is 0 Å². The number of anilines is 1. The number of hydrogen-bond donors (Lipinski definition) is 3. The second kappa shape index (κ2) is 11.2. The summed E-state index contributed by atoms with van der Waals surface area (Å²) in [7, 11) is -3.30. The zero-order valence-electron chi connectivity index (χ0n) is 19.4. The maximum absolute atomic E-state index is 13.3. The summed E-state index contributed by atoms with van der Waals surface area (Å²) in [4.78, 5) is 25.5. The van der Waals surface area contributed by atoms with Gasteiger partial charge in [-0.05, 0) is 35.9 Å². The molecule has 16 heteroatoms. The summed E-state index contributed by atoms with van der Waals surface area (Å²) in [5.41, 5.74) is 2.09. The van der Waals surface area contributed by atoms with E-state index in [4.69, 9.17) is 0 Å². The van der Waals surface area contributed by atoms with Crippen LogP contribution in [0.1, 0.15) is 21.5 Å². The molecule has 3 rings (SSSR count). The second-order valence-electron chi connectivity index (χ2n) is 8.31. The molecule has 1 atom stereocenters. The first kappa shape index (κ1) is 29.2. The molecule has 2 aromatic rings. The Labute approximate surface area is 212 Å². The summed E-state index contributed by atoms with van der Waals surface area (Å²) in [5, 5.41) is 11.0. The minimum Gasteiger partial charge on any atom is -0.361 e. The molecule has 1 saturated heterocycles. The van der Waals surface area contributed by atoms with E-state index in [2.05, 4.69) is 0 Å². The van der Waals surface area contributed by atoms with Crippen LogP contribution in [0.3, 0.4) is 0 Å². The van der Waals surface area contributed by atoms with Crippen molar-refractivity contribution in [2.45, 2.75) is 25.2 Å². The summed E-state index contributed by atoms with van der Waals surface area (Å²) in [6.45, 7) is -0.290. The van der Waals surface area contributed by atoms with Gasteiger partial charge in [-0.3, -0.25) is 25.3 Å². The van der Waals surface area contributed by atoms with Crippen molar-refractivity contribution < 1.29 is 49.5 Å². The first-order chi connectivity index (χ1) is 17.6. The van der Waals surface area contributed by atoms with Crippen LogP contribution < -0.4 is 15.8 Å². The number of nitrogens with zero attached hydrogens (tertiary/aromatic N) is 2. The maximum Gasteiger partial charge on any atom is 0.472 e. The molecule has 3 N–H and O–H groups in total. The second-order valence-corrected chi connectivity index (χ2v) is 10.6. The van der Waals surface area contributed by atoms with Crippen LogP contribution in [0, 0.1) is 0 Å². The number of carbonyl (C=O) groups is 2. The van der Waals surface area contributed by atoms with E-state index in [1.807, 2.05) is 0 Å². The Hall–Kier alpha value is -3.37. The van der Waals surface area contributed by atoms with E-state index in [0.29, 0.717) is 5.56 Å². The molecule has 9 nitrogen and oxygen atoms in total. The summed E-state index contributed by atoms with van der Waals surface area (Å²) in [5.74, 6) is -3.91. The van der Waals surface area contributed by atoms with Crippen LogP contribution in [0.15, 0.2) is 48.5 Å². The fourth-order valence-corrected chi connectivity index (χ4v) is 4.77. The maximum atomic E-state index is 13.3. The van der Waals surface area contributed by atoms with Crippen molar-refractivity contribution in [2.75, 3.05) is 29.5 Å². The van der Waals surface area contributed by atoms with Gasteiger partial charge in [0.2, 0.25) is 0 Å². The van der Waals surface area contributed by atoms with Gasteiger partial charge in [0.05, 0.1) is 17.1 Å². The van der Waals surface area contributed by atoms with Crippen LogP contribution in [0.4, 0.5) is 32.0 Å². The summed E-state index contributed by atoms with van der Waals surface area (Å²) in [6.07, 6.45) is -11.4. The zero-order chi connectivity index (χ0) is 28.3. The van der Waals surface area contributed by atoms with Gasteiger partial charge in [-0.1, -0.05) is 18.2 Å². The van der Waals surface area contributed by atoms with E-state index >= 15 is 0 Å². The van der Waals surface area contributed by atoms with Crippen LogP contribution in [-0.2, 0) is 27.4 Å². The van der Waals surface area contributed by atoms with Gasteiger partial charge in [-0.2, -0.15) is 26.3 Å². The van der Waals surface area contributed by atoms with Gasteiger partial charge in [0.1, 0.15) is 0 Å². The molecule has 2 aromatic carbocycles. The molecule has 208 valence electrons. The predicted molar refractivity (Wildman–Crippen MR) is 122 cm³/mol. The number of nitrogens with one attached hydrogen (secondary N) is 2. The fourth-order valence-electron chi connectivity index (χ4n) is 3.54. The molecule has 0 aliphatic carbocycles. The lowest BCUT2D eigenvalue weighted by Crippen LogP contribution is -2.53. The van der Waals surface area contributed by atoms with Crippen molar-refractivity contribution in [3.63, 3.8) is 0 Å². The average molecular weight is 568 g/mol. The molecule has 0 bridgehead atoms. The lowest BCUT2D eigenvalue weighted by atomic mass is 10.1. The van der Waals surface area contributed by atoms with Gasteiger partial charge < -0.3 is 10.0 Å². The molecular formula is C22H22F6N4O5S. The SMILES string of the molecule is O=C(NNC(=O)C(F)(F)F)c1ccc(CN(c2cccc(C(F)(F)F)c2)C(O)N2CCS(=O)(=O)CC2)cc1. The number of hydrogen-bond acceptors (Lipinski definition) is 7. The highest BCUT2D eigenvalue weighted by Crippen LogP contribution is 2.33. The Bertz CT molecular complexity index is 1250. The van der Waals surface area contributed by atoms with Gasteiger partial charge in [-0.15, -0.1) is 0 Å². The minimum absolute atomic E-state index is 0.0163. The van der Waals surface area contributed by atoms with E-state index in [0.717, 1.165) is 18.2 Å². The molecule has 0 aromatic heterocycles. The van der Waals surface area contributed by atoms with Crippen molar-refractivity contribution in [1.29, 1.82) is 0 Å². The molecule has 0 radical (unpaired) electrons.